The van der Waals surface area contributed by atoms with E-state index < -0.39 is 38.3 Å². The first-order valence-corrected chi connectivity index (χ1v) is 13.0. The predicted molar refractivity (Wildman–Crippen MR) is 147 cm³/mol. The van der Waals surface area contributed by atoms with E-state index in [4.69, 9.17) is 4.55 Å². The molecular formula is C25H17N7O10S. The van der Waals surface area contributed by atoms with E-state index in [0.717, 1.165) is 48.5 Å². The van der Waals surface area contributed by atoms with E-state index in [1.807, 2.05) is 0 Å². The highest BCUT2D eigenvalue weighted by molar-refractivity contribution is 7.85. The minimum Gasteiger partial charge on any atom is -0.506 e. The number of hydrogen-bond acceptors (Lipinski definition) is 14. The predicted octanol–water partition coefficient (Wildman–Crippen LogP) is 6.90. The minimum absolute atomic E-state index is 0.0924. The van der Waals surface area contributed by atoms with Gasteiger partial charge in [0.05, 0.1) is 26.8 Å². The Kier molecular flexibility index (Phi) is 8.44. The number of non-ortho nitro benzene ring substituents is 1. The van der Waals surface area contributed by atoms with Crippen LogP contribution in [0.15, 0.2) is 108 Å². The fourth-order valence-electron chi connectivity index (χ4n) is 3.28. The van der Waals surface area contributed by atoms with Crippen LogP contribution in [0, 0.1) is 10.1 Å². The Bertz CT molecular complexity index is 1940. The number of carbonyl (C=O) groups is 1. The Hall–Kier alpha value is -6.14. The van der Waals surface area contributed by atoms with Gasteiger partial charge in [-0.1, -0.05) is 0 Å². The van der Waals surface area contributed by atoms with Gasteiger partial charge in [0.25, 0.3) is 15.8 Å². The quantitative estimate of drug-likeness (QED) is 0.0567. The molecular weight excluding hydrogens is 590 g/mol. The zero-order valence-corrected chi connectivity index (χ0v) is 22.1. The van der Waals surface area contributed by atoms with Crippen LogP contribution in [0.3, 0.4) is 0 Å². The van der Waals surface area contributed by atoms with E-state index in [2.05, 4.69) is 30.7 Å². The van der Waals surface area contributed by atoms with Crippen LogP contribution >= 0.6 is 0 Å². The summed E-state index contributed by atoms with van der Waals surface area (Å²) in [5.74, 6) is -2.93. The largest absolute Gasteiger partial charge is 0.506 e. The fourth-order valence-corrected chi connectivity index (χ4v) is 3.76. The van der Waals surface area contributed by atoms with E-state index in [1.165, 1.54) is 24.3 Å². The van der Waals surface area contributed by atoms with Crippen molar-refractivity contribution in [1.82, 2.24) is 0 Å². The van der Waals surface area contributed by atoms with Gasteiger partial charge in [-0.2, -0.15) is 18.6 Å². The molecule has 0 fully saturated rings. The molecule has 0 spiro atoms. The third-order valence-electron chi connectivity index (χ3n) is 5.40. The molecule has 18 heteroatoms. The number of hydrogen-bond donors (Lipinski definition) is 5. The smallest absolute Gasteiger partial charge is 0.338 e. The highest BCUT2D eigenvalue weighted by atomic mass is 32.2. The van der Waals surface area contributed by atoms with Crippen molar-refractivity contribution >= 4 is 55.9 Å². The van der Waals surface area contributed by atoms with Gasteiger partial charge in [-0.3, -0.25) is 14.7 Å². The van der Waals surface area contributed by atoms with Gasteiger partial charge in [0.1, 0.15) is 40.0 Å². The number of carboxylic acids is 1. The molecule has 4 aromatic rings. The number of carboxylic acid groups (broad SMARTS) is 1. The molecule has 0 aromatic heterocycles. The van der Waals surface area contributed by atoms with E-state index in [1.54, 1.807) is 0 Å². The summed E-state index contributed by atoms with van der Waals surface area (Å²) in [6.07, 6.45) is 0. The van der Waals surface area contributed by atoms with Crippen LogP contribution in [-0.2, 0) is 10.1 Å². The number of nitro benzene ring substituents is 1. The van der Waals surface area contributed by atoms with Crippen molar-refractivity contribution in [3.8, 4) is 17.2 Å². The molecule has 0 bridgehead atoms. The number of aromatic hydroxyl groups is 3. The summed E-state index contributed by atoms with van der Waals surface area (Å²) in [7, 11) is -4.38. The molecule has 0 amide bonds. The Labute approximate surface area is 240 Å². The summed E-state index contributed by atoms with van der Waals surface area (Å²) >= 11 is 0. The van der Waals surface area contributed by atoms with Crippen LogP contribution in [0.4, 0.5) is 39.8 Å². The summed E-state index contributed by atoms with van der Waals surface area (Å²) in [6.45, 7) is 0. The van der Waals surface area contributed by atoms with E-state index >= 15 is 0 Å². The SMILES string of the molecule is O=C(O)c1cc(N=Nc2ccc(S(=O)(=O)O)cc2)ccc1N=Nc1cc(N=Nc2cc([N+](=O)[O-])ccc2O)c(O)cc1O. The normalized spacial score (nSPS) is 11.9. The summed E-state index contributed by atoms with van der Waals surface area (Å²) in [4.78, 5) is 21.8. The van der Waals surface area contributed by atoms with E-state index in [9.17, 15) is 43.8 Å². The first-order chi connectivity index (χ1) is 20.3. The third kappa shape index (κ3) is 7.34. The fraction of sp³-hybridized carbons (Fsp3) is 0. The zero-order chi connectivity index (χ0) is 31.3. The van der Waals surface area contributed by atoms with Gasteiger partial charge < -0.3 is 20.4 Å². The summed E-state index contributed by atoms with van der Waals surface area (Å²) in [5.41, 5.74) is -1.36. The Morgan fingerprint density at radius 2 is 1.19 bits per heavy atom. The maximum absolute atomic E-state index is 11.8. The first-order valence-electron chi connectivity index (χ1n) is 11.6. The molecule has 0 radical (unpaired) electrons. The maximum Gasteiger partial charge on any atom is 0.338 e. The van der Waals surface area contributed by atoms with Crippen LogP contribution in [0.2, 0.25) is 0 Å². The molecule has 0 unspecified atom stereocenters. The second-order valence-corrected chi connectivity index (χ2v) is 9.76. The number of azo groups is 3. The topological polar surface area (TPSA) is 270 Å². The van der Waals surface area contributed by atoms with Gasteiger partial charge in [0.15, 0.2) is 0 Å². The van der Waals surface area contributed by atoms with Crippen molar-refractivity contribution in [2.45, 2.75) is 4.90 Å². The van der Waals surface area contributed by atoms with Gasteiger partial charge >= 0.3 is 5.97 Å². The Morgan fingerprint density at radius 3 is 1.74 bits per heavy atom. The molecule has 5 N–H and O–H groups in total. The maximum atomic E-state index is 11.8. The molecule has 0 atom stereocenters. The van der Waals surface area contributed by atoms with Crippen LogP contribution in [0.1, 0.15) is 10.4 Å². The standard InChI is InChI=1S/C25H17N7O10S/c33-22-8-4-15(32(38)39)10-19(22)29-31-21-11-20(23(34)12-24(21)35)30-28-18-7-3-14(9-17(18)25(36)37)27-26-13-1-5-16(6-2-13)43(40,41)42/h1-12,33-35H,(H,36,37)(H,40,41,42). The van der Waals surface area contributed by atoms with Crippen LogP contribution in [-0.4, -0.2) is 44.3 Å². The average molecular weight is 608 g/mol. The molecule has 0 saturated heterocycles. The lowest BCUT2D eigenvalue weighted by atomic mass is 10.1. The lowest BCUT2D eigenvalue weighted by Gasteiger charge is -2.04. The lowest BCUT2D eigenvalue weighted by molar-refractivity contribution is -0.384. The molecule has 17 nitrogen and oxygen atoms in total. The molecule has 0 saturated carbocycles. The lowest BCUT2D eigenvalue weighted by Crippen LogP contribution is -1.96. The molecule has 4 rings (SSSR count). The molecule has 0 aliphatic heterocycles. The van der Waals surface area contributed by atoms with Crippen molar-refractivity contribution in [3.63, 3.8) is 0 Å². The van der Waals surface area contributed by atoms with Crippen LogP contribution in [0.5, 0.6) is 17.2 Å². The highest BCUT2D eigenvalue weighted by Crippen LogP contribution is 2.41. The minimum atomic E-state index is -4.38. The van der Waals surface area contributed by atoms with Crippen molar-refractivity contribution in [2.75, 3.05) is 0 Å². The van der Waals surface area contributed by atoms with Gasteiger partial charge in [-0.25, -0.2) is 4.79 Å². The van der Waals surface area contributed by atoms with Gasteiger partial charge in [-0.05, 0) is 48.5 Å². The van der Waals surface area contributed by atoms with E-state index in [-0.39, 0.29) is 50.3 Å². The molecule has 4 aromatic carbocycles. The number of nitro groups is 1. The van der Waals surface area contributed by atoms with Crippen molar-refractivity contribution in [2.24, 2.45) is 30.7 Å². The molecule has 43 heavy (non-hydrogen) atoms. The number of aromatic carboxylic acids is 1. The second-order valence-electron chi connectivity index (χ2n) is 8.34. The van der Waals surface area contributed by atoms with Gasteiger partial charge in [0, 0.05) is 24.3 Å². The summed E-state index contributed by atoms with van der Waals surface area (Å²) < 4.78 is 31.3. The molecule has 0 aliphatic rings. The summed E-state index contributed by atoms with van der Waals surface area (Å²) in [5, 5.41) is 73.7. The van der Waals surface area contributed by atoms with Crippen LogP contribution < -0.4 is 0 Å². The second kappa shape index (κ2) is 12.2. The number of phenols is 3. The monoisotopic (exact) mass is 607 g/mol. The number of rotatable bonds is 9. The average Bonchev–Trinajstić information content (AvgIpc) is 2.95. The number of phenolic OH excluding ortho intramolecular Hbond substituents is 3. The molecule has 0 aliphatic carbocycles. The Morgan fingerprint density at radius 1 is 0.651 bits per heavy atom. The van der Waals surface area contributed by atoms with E-state index in [0.29, 0.717) is 0 Å². The molecule has 218 valence electrons. The highest BCUT2D eigenvalue weighted by Gasteiger charge is 2.14. The van der Waals surface area contributed by atoms with Gasteiger partial charge in [-0.15, -0.1) is 20.5 Å². The summed E-state index contributed by atoms with van der Waals surface area (Å²) in [6, 6.07) is 13.5. The Balaban J connectivity index is 1.59. The third-order valence-corrected chi connectivity index (χ3v) is 6.27. The number of benzene rings is 4. The van der Waals surface area contributed by atoms with Crippen LogP contribution in [0.25, 0.3) is 0 Å². The van der Waals surface area contributed by atoms with Gasteiger partial charge in [0.2, 0.25) is 0 Å². The number of nitrogens with zero attached hydrogens (tertiary/aromatic N) is 7. The van der Waals surface area contributed by atoms with Crippen molar-refractivity contribution in [1.29, 1.82) is 0 Å². The molecule has 0 heterocycles. The van der Waals surface area contributed by atoms with Crippen molar-refractivity contribution < 1.29 is 43.1 Å². The van der Waals surface area contributed by atoms with Crippen molar-refractivity contribution in [3.05, 3.63) is 88.5 Å². The zero-order valence-electron chi connectivity index (χ0n) is 21.2. The first kappa shape index (κ1) is 29.8.